The summed E-state index contributed by atoms with van der Waals surface area (Å²) in [6, 6.07) is 9.15. The van der Waals surface area contributed by atoms with Gasteiger partial charge in [0, 0.05) is 6.04 Å². The van der Waals surface area contributed by atoms with Crippen molar-refractivity contribution in [3.8, 4) is 5.75 Å². The van der Waals surface area contributed by atoms with Gasteiger partial charge in [-0.15, -0.1) is 0 Å². The smallest absolute Gasteiger partial charge is 0.119 e. The van der Waals surface area contributed by atoms with E-state index in [2.05, 4.69) is 38.1 Å². The quantitative estimate of drug-likeness (QED) is 0.624. The van der Waals surface area contributed by atoms with Gasteiger partial charge in [-0.25, -0.2) is 0 Å². The lowest BCUT2D eigenvalue weighted by Gasteiger charge is -2.31. The van der Waals surface area contributed by atoms with Crippen molar-refractivity contribution in [1.29, 1.82) is 0 Å². The van der Waals surface area contributed by atoms with E-state index in [0.717, 1.165) is 37.0 Å². The second-order valence-corrected chi connectivity index (χ2v) is 7.24. The number of hydrogen-bond acceptors (Lipinski definition) is 2. The van der Waals surface area contributed by atoms with Gasteiger partial charge in [0.05, 0.1) is 6.61 Å². The zero-order valence-electron chi connectivity index (χ0n) is 15.1. The Morgan fingerprint density at radius 3 is 2.39 bits per heavy atom. The van der Waals surface area contributed by atoms with E-state index in [1.165, 1.54) is 50.5 Å². The van der Waals surface area contributed by atoms with Crippen molar-refractivity contribution in [2.45, 2.75) is 77.7 Å². The highest BCUT2D eigenvalue weighted by Crippen LogP contribution is 2.33. The fourth-order valence-corrected chi connectivity index (χ4v) is 3.70. The molecule has 2 N–H and O–H groups in total. The average Bonchev–Trinajstić information content (AvgIpc) is 2.61. The molecule has 1 aromatic carbocycles. The summed E-state index contributed by atoms with van der Waals surface area (Å²) >= 11 is 0. The lowest BCUT2D eigenvalue weighted by Crippen LogP contribution is -2.32. The molecule has 0 aromatic heterocycles. The van der Waals surface area contributed by atoms with Crippen LogP contribution in [-0.4, -0.2) is 12.6 Å². The minimum absolute atomic E-state index is 0.427. The molecule has 2 heteroatoms. The van der Waals surface area contributed by atoms with E-state index in [-0.39, 0.29) is 0 Å². The van der Waals surface area contributed by atoms with Crippen molar-refractivity contribution in [2.75, 3.05) is 6.61 Å². The molecular formula is C21H35NO. The maximum absolute atomic E-state index is 6.20. The molecule has 0 radical (unpaired) electrons. The number of benzene rings is 1. The SMILES string of the molecule is CCCCOc1ccc(CCC2CCC(C(N)CC)CC2)cc1. The molecule has 1 unspecified atom stereocenters. The van der Waals surface area contributed by atoms with E-state index in [9.17, 15) is 0 Å². The number of aryl methyl sites for hydroxylation is 1. The summed E-state index contributed by atoms with van der Waals surface area (Å²) < 4.78 is 5.73. The van der Waals surface area contributed by atoms with Crippen LogP contribution in [0.1, 0.15) is 70.8 Å². The molecule has 1 aromatic rings. The van der Waals surface area contributed by atoms with Crippen LogP contribution >= 0.6 is 0 Å². The van der Waals surface area contributed by atoms with Crippen molar-refractivity contribution in [1.82, 2.24) is 0 Å². The minimum Gasteiger partial charge on any atom is -0.494 e. The fourth-order valence-electron chi connectivity index (χ4n) is 3.70. The number of nitrogens with two attached hydrogens (primary N) is 1. The van der Waals surface area contributed by atoms with Crippen molar-refractivity contribution < 1.29 is 4.74 Å². The van der Waals surface area contributed by atoms with E-state index in [4.69, 9.17) is 10.5 Å². The third kappa shape index (κ3) is 6.18. The summed E-state index contributed by atoms with van der Waals surface area (Å²) in [5.41, 5.74) is 7.65. The Morgan fingerprint density at radius 2 is 1.78 bits per heavy atom. The van der Waals surface area contributed by atoms with Crippen molar-refractivity contribution in [3.63, 3.8) is 0 Å². The first-order valence-electron chi connectivity index (χ1n) is 9.70. The highest BCUT2D eigenvalue weighted by molar-refractivity contribution is 5.27. The monoisotopic (exact) mass is 317 g/mol. The van der Waals surface area contributed by atoms with Crippen molar-refractivity contribution >= 4 is 0 Å². The van der Waals surface area contributed by atoms with E-state index in [1.54, 1.807) is 0 Å². The van der Waals surface area contributed by atoms with Gasteiger partial charge in [0.1, 0.15) is 5.75 Å². The van der Waals surface area contributed by atoms with Crippen LogP contribution in [-0.2, 0) is 6.42 Å². The van der Waals surface area contributed by atoms with E-state index < -0.39 is 0 Å². The molecule has 130 valence electrons. The lowest BCUT2D eigenvalue weighted by molar-refractivity contribution is 0.232. The van der Waals surface area contributed by atoms with Crippen LogP contribution in [0.2, 0.25) is 0 Å². The zero-order chi connectivity index (χ0) is 16.5. The number of ether oxygens (including phenoxy) is 1. The molecule has 23 heavy (non-hydrogen) atoms. The molecule has 1 atom stereocenters. The van der Waals surface area contributed by atoms with Gasteiger partial charge in [-0.2, -0.15) is 0 Å². The molecule has 1 fully saturated rings. The van der Waals surface area contributed by atoms with Gasteiger partial charge in [-0.1, -0.05) is 45.2 Å². The Balaban J connectivity index is 1.68. The van der Waals surface area contributed by atoms with E-state index >= 15 is 0 Å². The molecule has 1 aliphatic carbocycles. The van der Waals surface area contributed by atoms with Crippen LogP contribution in [0.5, 0.6) is 5.75 Å². The Hall–Kier alpha value is -1.02. The molecule has 2 nitrogen and oxygen atoms in total. The molecule has 0 heterocycles. The average molecular weight is 318 g/mol. The third-order valence-corrected chi connectivity index (χ3v) is 5.50. The first-order chi connectivity index (χ1) is 11.2. The molecule has 2 rings (SSSR count). The highest BCUT2D eigenvalue weighted by Gasteiger charge is 2.24. The minimum atomic E-state index is 0.427. The standard InChI is InChI=1S/C21H35NO/c1-3-5-16-23-20-14-10-18(11-15-20)7-6-17-8-12-19(13-9-17)21(22)4-2/h10-11,14-15,17,19,21H,3-9,12-13,16,22H2,1-2H3. The zero-order valence-corrected chi connectivity index (χ0v) is 15.1. The Labute approximate surface area is 142 Å². The van der Waals surface area contributed by atoms with Gasteiger partial charge in [-0.3, -0.25) is 0 Å². The number of hydrogen-bond donors (Lipinski definition) is 1. The second kappa shape index (κ2) is 9.97. The molecule has 1 saturated carbocycles. The molecular weight excluding hydrogens is 282 g/mol. The summed E-state index contributed by atoms with van der Waals surface area (Å²) in [4.78, 5) is 0. The number of unbranched alkanes of at least 4 members (excludes halogenated alkanes) is 1. The molecule has 1 aliphatic rings. The van der Waals surface area contributed by atoms with Gasteiger partial charge in [-0.05, 0) is 68.1 Å². The van der Waals surface area contributed by atoms with Crippen LogP contribution in [0.4, 0.5) is 0 Å². The van der Waals surface area contributed by atoms with Crippen LogP contribution in [0.3, 0.4) is 0 Å². The predicted molar refractivity (Wildman–Crippen MR) is 98.9 cm³/mol. The summed E-state index contributed by atoms with van der Waals surface area (Å²) in [7, 11) is 0. The molecule has 0 spiro atoms. The fraction of sp³-hybridized carbons (Fsp3) is 0.714. The van der Waals surface area contributed by atoms with Gasteiger partial charge < -0.3 is 10.5 Å². The van der Waals surface area contributed by atoms with Gasteiger partial charge in [0.2, 0.25) is 0 Å². The van der Waals surface area contributed by atoms with Crippen molar-refractivity contribution in [3.05, 3.63) is 29.8 Å². The lowest BCUT2D eigenvalue weighted by atomic mass is 9.76. The highest BCUT2D eigenvalue weighted by atomic mass is 16.5. The Bertz CT molecular complexity index is 420. The largest absolute Gasteiger partial charge is 0.494 e. The molecule has 0 saturated heterocycles. The maximum atomic E-state index is 6.20. The van der Waals surface area contributed by atoms with Crippen LogP contribution in [0.15, 0.2) is 24.3 Å². The predicted octanol–water partition coefficient (Wildman–Crippen LogP) is 5.34. The molecule has 0 aliphatic heterocycles. The Kier molecular flexibility index (Phi) is 7.94. The summed E-state index contributed by atoms with van der Waals surface area (Å²) in [6.07, 6.45) is 11.4. The number of rotatable bonds is 9. The van der Waals surface area contributed by atoms with Crippen LogP contribution < -0.4 is 10.5 Å². The topological polar surface area (TPSA) is 35.2 Å². The van der Waals surface area contributed by atoms with Crippen molar-refractivity contribution in [2.24, 2.45) is 17.6 Å². The summed E-state index contributed by atoms with van der Waals surface area (Å²) in [5, 5.41) is 0. The summed E-state index contributed by atoms with van der Waals surface area (Å²) in [6.45, 7) is 5.24. The normalized spacial score (nSPS) is 22.7. The van der Waals surface area contributed by atoms with Crippen LogP contribution in [0.25, 0.3) is 0 Å². The second-order valence-electron chi connectivity index (χ2n) is 7.24. The summed E-state index contributed by atoms with van der Waals surface area (Å²) in [5.74, 6) is 2.68. The van der Waals surface area contributed by atoms with Gasteiger partial charge >= 0.3 is 0 Å². The molecule has 0 amide bonds. The maximum Gasteiger partial charge on any atom is 0.119 e. The van der Waals surface area contributed by atoms with Gasteiger partial charge in [0.15, 0.2) is 0 Å². The first-order valence-corrected chi connectivity index (χ1v) is 9.70. The van der Waals surface area contributed by atoms with E-state index in [1.807, 2.05) is 0 Å². The third-order valence-electron chi connectivity index (χ3n) is 5.50. The first kappa shape index (κ1) is 18.3. The van der Waals surface area contributed by atoms with Crippen LogP contribution in [0, 0.1) is 11.8 Å². The van der Waals surface area contributed by atoms with E-state index in [0.29, 0.717) is 6.04 Å². The van der Waals surface area contributed by atoms with Gasteiger partial charge in [0.25, 0.3) is 0 Å². The Morgan fingerprint density at radius 1 is 1.09 bits per heavy atom. The molecule has 0 bridgehead atoms.